The van der Waals surface area contributed by atoms with Gasteiger partial charge in [0.2, 0.25) is 12.3 Å². The number of carbonyl (C=O) groups excluding carboxylic acids is 1. The molecule has 0 unspecified atom stereocenters. The van der Waals surface area contributed by atoms with Crippen molar-refractivity contribution >= 4 is 44.6 Å². The van der Waals surface area contributed by atoms with E-state index in [2.05, 4.69) is 0 Å². The molecule has 0 aliphatic heterocycles. The van der Waals surface area contributed by atoms with Crippen LogP contribution < -0.4 is 26.4 Å². The monoisotopic (exact) mass is 1130 g/mol. The van der Waals surface area contributed by atoms with Gasteiger partial charge in [-0.25, -0.2) is 4.39 Å². The topological polar surface area (TPSA) is 20.9 Å². The van der Waals surface area contributed by atoms with E-state index in [1.54, 1.807) is 41.2 Å². The number of hydrogen-bond donors (Lipinski definition) is 0. The molecule has 0 atom stereocenters. The third-order valence-electron chi connectivity index (χ3n) is 11.7. The fraction of sp³-hybridized carbons (Fsp3) is 0.184. The summed E-state index contributed by atoms with van der Waals surface area (Å²) in [5, 5.41) is 1.35. The van der Waals surface area contributed by atoms with Gasteiger partial charge in [-0.05, 0) is 36.4 Å². The van der Waals surface area contributed by atoms with Crippen LogP contribution in [0, 0.1) is 5.82 Å². The molecule has 77 heavy (non-hydrogen) atoms. The molecule has 0 aliphatic rings. The van der Waals surface area contributed by atoms with Gasteiger partial charge in [-0.1, -0.05) is 84.9 Å². The minimum absolute atomic E-state index is 0.0337. The van der Waals surface area contributed by atoms with E-state index >= 15 is 0 Å². The first-order valence-electron chi connectivity index (χ1n) is 21.0. The number of nitrogens with zero attached hydrogens (tertiary/aromatic N) is 1. The molecule has 0 fully saturated rings. The average molecular weight is 1130 g/mol. The van der Waals surface area contributed by atoms with Crippen molar-refractivity contribution in [2.45, 2.75) is 56.0 Å². The van der Waals surface area contributed by atoms with Crippen molar-refractivity contribution in [2.75, 3.05) is 0 Å². The van der Waals surface area contributed by atoms with E-state index < -0.39 is 195 Å². The summed E-state index contributed by atoms with van der Waals surface area (Å²) in [4.78, 5) is 12.1. The van der Waals surface area contributed by atoms with Crippen molar-refractivity contribution in [3.63, 3.8) is 0 Å². The molecule has 28 heteroatoms. The van der Waals surface area contributed by atoms with Gasteiger partial charge in [-0.2, -0.15) is 132 Å². The number of rotatable bonds is 7. The number of fused-ring (bicyclic) bond motifs is 1. The summed E-state index contributed by atoms with van der Waals surface area (Å²) in [6, 6.07) is 6.97. The van der Waals surface area contributed by atoms with Crippen molar-refractivity contribution in [1.29, 1.82) is 0 Å². The maximum atomic E-state index is 14.2. The van der Waals surface area contributed by atoms with Gasteiger partial charge in [-0.3, -0.25) is 4.79 Å². The van der Waals surface area contributed by atoms with Crippen LogP contribution in [0.4, 0.5) is 110 Å². The van der Waals surface area contributed by atoms with E-state index in [0.29, 0.717) is 10.9 Å². The van der Waals surface area contributed by atoms with Gasteiger partial charge >= 0.3 is 49.4 Å². The third kappa shape index (κ3) is 13.3. The lowest BCUT2D eigenvalue weighted by Gasteiger charge is -2.46. The number of hydrogen-bond acceptors (Lipinski definition) is 1. The number of pyridine rings is 1. The summed E-state index contributed by atoms with van der Waals surface area (Å²) in [5.41, 5.74) is -29.5. The highest BCUT2D eigenvalue weighted by Crippen LogP contribution is 2.41. The number of halogens is 25. The number of ketones is 1. The molecule has 2 nitrogen and oxygen atoms in total. The van der Waals surface area contributed by atoms with Crippen molar-refractivity contribution in [1.82, 2.24) is 0 Å². The zero-order chi connectivity index (χ0) is 57.9. The second-order valence-corrected chi connectivity index (χ2v) is 16.9. The molecule has 0 N–H and O–H groups in total. The van der Waals surface area contributed by atoms with Crippen LogP contribution in [0.3, 0.4) is 0 Å². The zero-order valence-corrected chi connectivity index (χ0v) is 37.4. The third-order valence-corrected chi connectivity index (χ3v) is 11.7. The molecule has 0 bridgehead atoms. The minimum atomic E-state index is -6.13. The molecule has 0 saturated carbocycles. The Morgan fingerprint density at radius 3 is 0.922 bits per heavy atom. The van der Waals surface area contributed by atoms with Gasteiger partial charge in [0.25, 0.3) is 0 Å². The van der Waals surface area contributed by atoms with E-state index in [4.69, 9.17) is 0 Å². The second kappa shape index (κ2) is 20.3. The summed E-state index contributed by atoms with van der Waals surface area (Å²) in [6.07, 6.45) is -51.3. The molecule has 1 aromatic heterocycles. The molecule has 0 amide bonds. The first kappa shape index (κ1) is 59.0. The minimum Gasteiger partial charge on any atom is -0.287 e. The smallest absolute Gasteiger partial charge is 0.287 e. The maximum absolute atomic E-state index is 14.2. The summed E-state index contributed by atoms with van der Waals surface area (Å²) < 4.78 is 356. The largest absolute Gasteiger partial charge is 0.416 e. The van der Waals surface area contributed by atoms with Crippen LogP contribution >= 0.6 is 0 Å². The SMILES string of the molecule is FC(F)(F)c1cc([B-](c2cc(C(F)(F)F)cc(C(F)(F)F)c2)(c2cc(C(F)(F)F)cc(C(F)(F)F)c2)c2cc(C(F)(F)F)cc(C(F)(F)F)c2)cc(C(F)(F)F)c1.O=C(C[n+]1ccc2c(F)cccc2c1)c1ccccc1. The van der Waals surface area contributed by atoms with Crippen molar-refractivity contribution in [3.8, 4) is 0 Å². The lowest BCUT2D eigenvalue weighted by Crippen LogP contribution is -2.75. The molecule has 0 radical (unpaired) electrons. The summed E-state index contributed by atoms with van der Waals surface area (Å²) in [5.74, 6) is -0.213. The van der Waals surface area contributed by atoms with Crippen LogP contribution in [-0.4, -0.2) is 11.9 Å². The number of carbonyl (C=O) groups is 1. The van der Waals surface area contributed by atoms with E-state index in [1.807, 2.05) is 24.3 Å². The first-order chi connectivity index (χ1) is 35.0. The molecule has 410 valence electrons. The Morgan fingerprint density at radius 2 is 0.649 bits per heavy atom. The maximum Gasteiger partial charge on any atom is 0.416 e. The molecular weight excluding hydrogens is 1100 g/mol. The van der Waals surface area contributed by atoms with Gasteiger partial charge in [-0.15, -0.1) is 0 Å². The number of aromatic nitrogens is 1. The quantitative estimate of drug-likeness (QED) is 0.0674. The predicted octanol–water partition coefficient (Wildman–Crippen LogP) is 14.4. The van der Waals surface area contributed by atoms with Crippen LogP contribution in [-0.2, 0) is 56.0 Å². The van der Waals surface area contributed by atoms with Gasteiger partial charge in [0.1, 0.15) is 12.0 Å². The molecule has 0 saturated heterocycles. The number of alkyl halides is 24. The molecule has 6 aromatic carbocycles. The molecular formula is C49H25BF25NO. The predicted molar refractivity (Wildman–Crippen MR) is 225 cm³/mol. The Morgan fingerprint density at radius 1 is 0.364 bits per heavy atom. The van der Waals surface area contributed by atoms with E-state index in [1.165, 1.54) is 6.07 Å². The van der Waals surface area contributed by atoms with Crippen molar-refractivity contribution < 1.29 is 119 Å². The summed E-state index contributed by atoms with van der Waals surface area (Å²) >= 11 is 0. The Balaban J connectivity index is 0.000000397. The van der Waals surface area contributed by atoms with Crippen LogP contribution in [0.5, 0.6) is 0 Å². The molecule has 0 aliphatic carbocycles. The van der Waals surface area contributed by atoms with E-state index in [-0.39, 0.29) is 18.1 Å². The highest BCUT2D eigenvalue weighted by Gasteiger charge is 2.47. The van der Waals surface area contributed by atoms with Crippen LogP contribution in [0.2, 0.25) is 0 Å². The zero-order valence-electron chi connectivity index (χ0n) is 37.4. The average Bonchev–Trinajstić information content (AvgIpc) is 3.30. The highest BCUT2D eigenvalue weighted by molar-refractivity contribution is 7.20. The fourth-order valence-electron chi connectivity index (χ4n) is 8.28. The van der Waals surface area contributed by atoms with Crippen molar-refractivity contribution in [2.24, 2.45) is 0 Å². The highest BCUT2D eigenvalue weighted by atomic mass is 19.4. The Kier molecular flexibility index (Phi) is 15.5. The van der Waals surface area contributed by atoms with E-state index in [0.717, 1.165) is 5.39 Å². The molecule has 7 rings (SSSR count). The molecule has 1 heterocycles. The lowest BCUT2D eigenvalue weighted by atomic mass is 9.12. The number of benzene rings is 6. The van der Waals surface area contributed by atoms with Crippen LogP contribution in [0.25, 0.3) is 10.8 Å². The standard InChI is InChI=1S/C32H12BF24.C17H13FNO/c34-25(35,36)13-1-14(26(37,38)39)6-21(5-13)33(22-7-15(27(40,41)42)2-16(8-22)28(43,44)45,23-9-17(29(46,47)48)3-18(10-23)30(49,50)51)24-11-19(31(52,53)54)4-20(12-24)32(55,56)57;18-16-8-4-7-14-11-19(10-9-15(14)16)12-17(20)13-5-2-1-3-6-13/h1-12H;1-11H,12H2/q-1;+1. The number of Topliss-reactive ketones (excluding diaryl/α,β-unsaturated/α-hetero) is 1. The molecule has 0 spiro atoms. The van der Waals surface area contributed by atoms with Crippen LogP contribution in [0.1, 0.15) is 54.9 Å². The van der Waals surface area contributed by atoms with Crippen LogP contribution in [0.15, 0.2) is 140 Å². The molecule has 7 aromatic rings. The van der Waals surface area contributed by atoms with Gasteiger partial charge in [0.15, 0.2) is 12.4 Å². The Hall–Kier alpha value is -7.29. The Labute approximate surface area is 414 Å². The summed E-state index contributed by atoms with van der Waals surface area (Å²) in [7, 11) is 0. The second-order valence-electron chi connectivity index (χ2n) is 16.9. The Bertz CT molecular complexity index is 2870. The summed E-state index contributed by atoms with van der Waals surface area (Å²) in [6.45, 7) is 0.246. The first-order valence-corrected chi connectivity index (χ1v) is 21.0. The fourth-order valence-corrected chi connectivity index (χ4v) is 8.28. The van der Waals surface area contributed by atoms with Gasteiger partial charge in [0.05, 0.1) is 44.5 Å². The van der Waals surface area contributed by atoms with Crippen molar-refractivity contribution in [3.05, 3.63) is 196 Å². The lowest BCUT2D eigenvalue weighted by molar-refractivity contribution is -0.681. The van der Waals surface area contributed by atoms with Gasteiger partial charge in [0, 0.05) is 22.4 Å². The van der Waals surface area contributed by atoms with E-state index in [9.17, 15) is 115 Å². The normalized spacial score (nSPS) is 13.4. The van der Waals surface area contributed by atoms with Gasteiger partial charge < -0.3 is 0 Å².